The van der Waals surface area contributed by atoms with Crippen LogP contribution in [0.5, 0.6) is 17.2 Å². The third-order valence-electron chi connectivity index (χ3n) is 6.62. The van der Waals surface area contributed by atoms with Gasteiger partial charge in [-0.15, -0.1) is 0 Å². The number of aliphatic imine (C=N–C) groups is 1. The summed E-state index contributed by atoms with van der Waals surface area (Å²) in [5.74, 6) is 4.99. The second-order valence-corrected chi connectivity index (χ2v) is 10.1. The van der Waals surface area contributed by atoms with Gasteiger partial charge in [-0.2, -0.15) is 9.98 Å². The highest BCUT2D eigenvalue weighted by atomic mass is 16.5. The van der Waals surface area contributed by atoms with Crippen molar-refractivity contribution in [2.24, 2.45) is 22.6 Å². The molecular formula is C27H43N6O3+. The van der Waals surface area contributed by atoms with Gasteiger partial charge in [0.2, 0.25) is 5.75 Å². The Balaban J connectivity index is 2.25. The van der Waals surface area contributed by atoms with Crippen LogP contribution in [0.4, 0.5) is 23.0 Å². The van der Waals surface area contributed by atoms with E-state index in [4.69, 9.17) is 35.7 Å². The zero-order valence-electron chi connectivity index (χ0n) is 22.9. The first-order chi connectivity index (χ1) is 17.2. The van der Waals surface area contributed by atoms with Crippen molar-refractivity contribution in [1.29, 1.82) is 0 Å². The highest BCUT2D eigenvalue weighted by Gasteiger charge is 2.48. The lowest BCUT2D eigenvalue weighted by molar-refractivity contribution is 0.324. The highest BCUT2D eigenvalue weighted by molar-refractivity contribution is 6.09. The Morgan fingerprint density at radius 3 is 2.08 bits per heavy atom. The van der Waals surface area contributed by atoms with Crippen LogP contribution in [0.2, 0.25) is 0 Å². The summed E-state index contributed by atoms with van der Waals surface area (Å²) >= 11 is 0. The lowest BCUT2D eigenvalue weighted by Gasteiger charge is -2.38. The summed E-state index contributed by atoms with van der Waals surface area (Å²) in [5.41, 5.74) is 14.2. The maximum Gasteiger partial charge on any atom is 0.316 e. The Morgan fingerprint density at radius 1 is 0.917 bits per heavy atom. The number of quaternary nitrogens is 1. The van der Waals surface area contributed by atoms with Gasteiger partial charge >= 0.3 is 5.96 Å². The summed E-state index contributed by atoms with van der Waals surface area (Å²) in [6, 6.07) is 7.73. The maximum absolute atomic E-state index is 6.24. The molecule has 0 saturated carbocycles. The minimum Gasteiger partial charge on any atom is -0.493 e. The van der Waals surface area contributed by atoms with E-state index in [0.29, 0.717) is 52.5 Å². The van der Waals surface area contributed by atoms with Crippen molar-refractivity contribution in [3.8, 4) is 17.2 Å². The van der Waals surface area contributed by atoms with Gasteiger partial charge in [0.25, 0.3) is 5.82 Å². The fraction of sp³-hybridized carbons (Fsp3) is 0.556. The van der Waals surface area contributed by atoms with E-state index in [-0.39, 0.29) is 0 Å². The smallest absolute Gasteiger partial charge is 0.316 e. The number of pyridine rings is 1. The number of hydrogen-bond acceptors (Lipinski definition) is 8. The Labute approximate surface area is 215 Å². The Bertz CT molecular complexity index is 1050. The molecule has 3 rings (SSSR count). The van der Waals surface area contributed by atoms with Crippen LogP contribution in [-0.4, -0.2) is 58.5 Å². The number of nitrogen functional groups attached to an aromatic ring is 1. The molecule has 1 atom stereocenters. The van der Waals surface area contributed by atoms with Crippen LogP contribution in [0.1, 0.15) is 40.5 Å². The van der Waals surface area contributed by atoms with Gasteiger partial charge in [-0.1, -0.05) is 27.7 Å². The fourth-order valence-corrected chi connectivity index (χ4v) is 4.63. The molecule has 1 aromatic heterocycles. The molecule has 9 nitrogen and oxygen atoms in total. The maximum atomic E-state index is 6.24. The van der Waals surface area contributed by atoms with E-state index in [9.17, 15) is 0 Å². The van der Waals surface area contributed by atoms with Gasteiger partial charge in [0.05, 0.1) is 33.6 Å². The summed E-state index contributed by atoms with van der Waals surface area (Å²) in [6.45, 7) is 11.6. The number of methoxy groups -OCH3 is 3. The van der Waals surface area contributed by atoms with Crippen LogP contribution in [0.25, 0.3) is 0 Å². The Morgan fingerprint density at radius 2 is 1.56 bits per heavy atom. The number of benzene rings is 1. The molecule has 1 aliphatic rings. The van der Waals surface area contributed by atoms with Crippen molar-refractivity contribution in [3.05, 3.63) is 24.3 Å². The Kier molecular flexibility index (Phi) is 9.03. The second kappa shape index (κ2) is 11.8. The molecule has 2 aromatic rings. The first-order valence-corrected chi connectivity index (χ1v) is 12.7. The molecule has 0 saturated heterocycles. The van der Waals surface area contributed by atoms with Gasteiger partial charge in [-0.05, 0) is 36.8 Å². The first-order valence-electron chi connectivity index (χ1n) is 12.7. The molecule has 9 heteroatoms. The van der Waals surface area contributed by atoms with Crippen LogP contribution in [0, 0.1) is 11.8 Å². The number of nitrogens with zero attached hydrogens (tertiary/aromatic N) is 4. The number of rotatable bonds is 12. The molecule has 4 N–H and O–H groups in total. The summed E-state index contributed by atoms with van der Waals surface area (Å²) in [5, 5.41) is 0. The number of ether oxygens (including phenoxy) is 3. The minimum absolute atomic E-state index is 0.448. The molecule has 2 heterocycles. The molecule has 0 radical (unpaired) electrons. The number of aromatic nitrogens is 1. The van der Waals surface area contributed by atoms with Gasteiger partial charge in [-0.25, -0.2) is 4.48 Å². The largest absolute Gasteiger partial charge is 0.493 e. The summed E-state index contributed by atoms with van der Waals surface area (Å²) in [4.78, 5) is 12.2. The van der Waals surface area contributed by atoms with E-state index in [0.717, 1.165) is 49.1 Å². The average Bonchev–Trinajstić information content (AvgIpc) is 3.15. The topological polar surface area (TPSA) is 108 Å². The molecule has 0 spiro atoms. The number of hydrogen-bond donors (Lipinski definition) is 2. The third kappa shape index (κ3) is 5.52. The van der Waals surface area contributed by atoms with E-state index in [2.05, 4.69) is 32.6 Å². The first kappa shape index (κ1) is 27.5. The second-order valence-electron chi connectivity index (χ2n) is 10.1. The van der Waals surface area contributed by atoms with E-state index in [1.165, 1.54) is 0 Å². The van der Waals surface area contributed by atoms with Crippen molar-refractivity contribution in [2.45, 2.75) is 40.5 Å². The molecule has 198 valence electrons. The zero-order chi connectivity index (χ0) is 26.5. The van der Waals surface area contributed by atoms with E-state index < -0.39 is 0 Å². The normalized spacial score (nSPS) is 16.8. The number of fused-ring (bicyclic) bond motifs is 1. The number of guanidine groups is 1. The van der Waals surface area contributed by atoms with Crippen LogP contribution >= 0.6 is 0 Å². The molecule has 36 heavy (non-hydrogen) atoms. The average molecular weight is 500 g/mol. The zero-order valence-corrected chi connectivity index (χ0v) is 22.9. The molecular weight excluding hydrogens is 456 g/mol. The number of nitrogens with two attached hydrogens (primary N) is 2. The SMILES string of the molecule is COc1cc(N(CCC(C)C)C2=Nc3ccc(N)nc3[N+]2(CCN)CCC(C)C)cc(OC)c1OC. The van der Waals surface area contributed by atoms with Crippen LogP contribution < -0.4 is 35.1 Å². The third-order valence-corrected chi connectivity index (χ3v) is 6.62. The lowest BCUT2D eigenvalue weighted by atomic mass is 10.1. The monoisotopic (exact) mass is 499 g/mol. The summed E-state index contributed by atoms with van der Waals surface area (Å²) in [6.07, 6.45) is 1.95. The van der Waals surface area contributed by atoms with E-state index >= 15 is 0 Å². The standard InChI is InChI=1S/C27H43N6O3/c1-18(2)10-13-32(20-16-22(34-5)25(36-7)23(17-20)35-6)27-30-21-8-9-24(29)31-26(21)33(27,15-12-28)14-11-19(3)4/h8-9,16-19H,10-15,28H2,1-7H3,(H2,29,31)/q+1. The van der Waals surface area contributed by atoms with Crippen LogP contribution in [0.3, 0.4) is 0 Å². The molecule has 0 fully saturated rings. The quantitative estimate of drug-likeness (QED) is 0.412. The van der Waals surface area contributed by atoms with Gasteiger partial charge < -0.3 is 25.7 Å². The van der Waals surface area contributed by atoms with Gasteiger partial charge in [0, 0.05) is 25.2 Å². The van der Waals surface area contributed by atoms with Gasteiger partial charge in [-0.3, -0.25) is 4.90 Å². The highest BCUT2D eigenvalue weighted by Crippen LogP contribution is 2.45. The minimum atomic E-state index is 0.448. The Hall–Kier alpha value is -3.04. The van der Waals surface area contributed by atoms with E-state index in [1.54, 1.807) is 21.3 Å². The fourth-order valence-electron chi connectivity index (χ4n) is 4.63. The van der Waals surface area contributed by atoms with Crippen molar-refractivity contribution < 1.29 is 14.2 Å². The van der Waals surface area contributed by atoms with Crippen molar-refractivity contribution >= 4 is 29.0 Å². The van der Waals surface area contributed by atoms with Crippen LogP contribution in [-0.2, 0) is 0 Å². The molecule has 0 bridgehead atoms. The van der Waals surface area contributed by atoms with E-state index in [1.807, 2.05) is 24.3 Å². The summed E-state index contributed by atoms with van der Waals surface area (Å²) in [7, 11) is 4.87. The summed E-state index contributed by atoms with van der Waals surface area (Å²) < 4.78 is 17.4. The molecule has 0 amide bonds. The lowest BCUT2D eigenvalue weighted by Crippen LogP contribution is -2.62. The van der Waals surface area contributed by atoms with Gasteiger partial charge in [0.15, 0.2) is 17.2 Å². The molecule has 1 unspecified atom stereocenters. The van der Waals surface area contributed by atoms with Crippen molar-refractivity contribution in [2.75, 3.05) is 58.1 Å². The van der Waals surface area contributed by atoms with Crippen molar-refractivity contribution in [3.63, 3.8) is 0 Å². The molecule has 1 aromatic carbocycles. The molecule has 0 aliphatic carbocycles. The molecule has 1 aliphatic heterocycles. The number of anilines is 2. The predicted octanol–water partition coefficient (Wildman–Crippen LogP) is 4.56. The predicted molar refractivity (Wildman–Crippen MR) is 149 cm³/mol. The van der Waals surface area contributed by atoms with Gasteiger partial charge in [0.1, 0.15) is 12.4 Å². The van der Waals surface area contributed by atoms with Crippen LogP contribution in [0.15, 0.2) is 29.3 Å². The van der Waals surface area contributed by atoms with Crippen molar-refractivity contribution in [1.82, 2.24) is 9.47 Å².